The second-order valence-electron chi connectivity index (χ2n) is 7.05. The van der Waals surface area contributed by atoms with Crippen LogP contribution in [-0.2, 0) is 4.79 Å². The molecule has 3 aromatic rings. The molecule has 0 spiro atoms. The van der Waals surface area contributed by atoms with Gasteiger partial charge in [-0.25, -0.2) is 4.39 Å². The maximum absolute atomic E-state index is 13.4. The highest BCUT2D eigenvalue weighted by molar-refractivity contribution is 7.99. The van der Waals surface area contributed by atoms with Crippen LogP contribution in [0.4, 0.5) is 4.39 Å². The first kappa shape index (κ1) is 19.6. The highest BCUT2D eigenvalue weighted by Gasteiger charge is 2.19. The molecule has 0 unspecified atom stereocenters. The molecule has 8 heteroatoms. The monoisotopic (exact) mass is 411 g/mol. The van der Waals surface area contributed by atoms with Gasteiger partial charge in [0.25, 0.3) is 0 Å². The SMILES string of the molecule is O=C(CSc1nnc(-c2ccncc2)n1-c1ccc(F)cc1)NC1CCCCC1. The number of carbonyl (C=O) groups is 1. The molecule has 1 amide bonds. The van der Waals surface area contributed by atoms with E-state index < -0.39 is 0 Å². The minimum absolute atomic E-state index is 0.000942. The summed E-state index contributed by atoms with van der Waals surface area (Å²) in [5.41, 5.74) is 1.58. The number of nitrogens with zero attached hydrogens (tertiary/aromatic N) is 4. The van der Waals surface area contributed by atoms with Crippen molar-refractivity contribution < 1.29 is 9.18 Å². The number of hydrogen-bond donors (Lipinski definition) is 1. The molecule has 150 valence electrons. The maximum Gasteiger partial charge on any atom is 0.230 e. The summed E-state index contributed by atoms with van der Waals surface area (Å²) in [7, 11) is 0. The highest BCUT2D eigenvalue weighted by atomic mass is 32.2. The largest absolute Gasteiger partial charge is 0.353 e. The Bertz CT molecular complexity index is 955. The standard InChI is InChI=1S/C21H22FN5OS/c22-16-6-8-18(9-7-16)27-20(15-10-12-23-13-11-15)25-26-21(27)29-14-19(28)24-17-4-2-1-3-5-17/h6-13,17H,1-5,14H2,(H,24,28). The van der Waals surface area contributed by atoms with Crippen LogP contribution < -0.4 is 5.32 Å². The summed E-state index contributed by atoms with van der Waals surface area (Å²) in [6.07, 6.45) is 9.06. The lowest BCUT2D eigenvalue weighted by Crippen LogP contribution is -2.37. The number of amides is 1. The van der Waals surface area contributed by atoms with E-state index in [0.29, 0.717) is 11.0 Å². The third-order valence-corrected chi connectivity index (χ3v) is 5.89. The number of nitrogens with one attached hydrogen (secondary N) is 1. The van der Waals surface area contributed by atoms with Gasteiger partial charge < -0.3 is 5.32 Å². The molecular weight excluding hydrogens is 389 g/mol. The predicted molar refractivity (Wildman–Crippen MR) is 110 cm³/mol. The summed E-state index contributed by atoms with van der Waals surface area (Å²) in [6.45, 7) is 0. The van der Waals surface area contributed by atoms with E-state index >= 15 is 0 Å². The number of rotatable bonds is 6. The van der Waals surface area contributed by atoms with Gasteiger partial charge in [0.05, 0.1) is 5.75 Å². The van der Waals surface area contributed by atoms with Crippen LogP contribution in [0.2, 0.25) is 0 Å². The van der Waals surface area contributed by atoms with Crippen molar-refractivity contribution >= 4 is 17.7 Å². The van der Waals surface area contributed by atoms with Gasteiger partial charge in [-0.15, -0.1) is 10.2 Å². The van der Waals surface area contributed by atoms with E-state index in [0.717, 1.165) is 24.1 Å². The van der Waals surface area contributed by atoms with E-state index in [4.69, 9.17) is 0 Å². The quantitative estimate of drug-likeness (QED) is 0.621. The molecule has 1 saturated carbocycles. The summed E-state index contributed by atoms with van der Waals surface area (Å²) >= 11 is 1.33. The summed E-state index contributed by atoms with van der Waals surface area (Å²) < 4.78 is 15.3. The Morgan fingerprint density at radius 2 is 1.79 bits per heavy atom. The van der Waals surface area contributed by atoms with Crippen LogP contribution in [0.25, 0.3) is 17.1 Å². The average Bonchev–Trinajstić information content (AvgIpc) is 3.18. The topological polar surface area (TPSA) is 72.7 Å². The van der Waals surface area contributed by atoms with Crippen LogP contribution in [0, 0.1) is 5.82 Å². The first-order valence-electron chi connectivity index (χ1n) is 9.74. The lowest BCUT2D eigenvalue weighted by Gasteiger charge is -2.22. The fourth-order valence-electron chi connectivity index (χ4n) is 3.52. The van der Waals surface area contributed by atoms with Gasteiger partial charge in [0.2, 0.25) is 5.91 Å². The van der Waals surface area contributed by atoms with Crippen molar-refractivity contribution in [1.82, 2.24) is 25.1 Å². The van der Waals surface area contributed by atoms with Crippen molar-refractivity contribution in [2.75, 3.05) is 5.75 Å². The number of thioether (sulfide) groups is 1. The zero-order valence-corrected chi connectivity index (χ0v) is 16.7. The van der Waals surface area contributed by atoms with Crippen LogP contribution in [0.5, 0.6) is 0 Å². The third-order valence-electron chi connectivity index (χ3n) is 4.96. The van der Waals surface area contributed by atoms with Gasteiger partial charge in [-0.3, -0.25) is 14.3 Å². The number of carbonyl (C=O) groups excluding carboxylic acids is 1. The van der Waals surface area contributed by atoms with E-state index in [-0.39, 0.29) is 23.5 Å². The van der Waals surface area contributed by atoms with Crippen LogP contribution in [-0.4, -0.2) is 37.5 Å². The Balaban J connectivity index is 1.55. The first-order chi connectivity index (χ1) is 14.2. The minimum atomic E-state index is -0.312. The van der Waals surface area contributed by atoms with Gasteiger partial charge in [-0.2, -0.15) is 0 Å². The first-order valence-corrected chi connectivity index (χ1v) is 10.7. The Hall–Kier alpha value is -2.74. The number of pyridine rings is 1. The molecule has 0 saturated heterocycles. The smallest absolute Gasteiger partial charge is 0.230 e. The van der Waals surface area contributed by atoms with Gasteiger partial charge in [-0.05, 0) is 49.2 Å². The summed E-state index contributed by atoms with van der Waals surface area (Å²) in [5, 5.41) is 12.3. The molecule has 4 rings (SSSR count). The molecule has 1 aromatic carbocycles. The molecule has 2 aromatic heterocycles. The van der Waals surface area contributed by atoms with Crippen molar-refractivity contribution in [3.63, 3.8) is 0 Å². The minimum Gasteiger partial charge on any atom is -0.353 e. The van der Waals surface area contributed by atoms with E-state index in [2.05, 4.69) is 20.5 Å². The molecule has 0 atom stereocenters. The predicted octanol–water partition coefficient (Wildman–Crippen LogP) is 4.01. The van der Waals surface area contributed by atoms with Crippen molar-refractivity contribution in [2.24, 2.45) is 0 Å². The third kappa shape index (κ3) is 4.82. The van der Waals surface area contributed by atoms with Crippen LogP contribution in [0.1, 0.15) is 32.1 Å². The molecule has 1 aliphatic carbocycles. The van der Waals surface area contributed by atoms with Crippen molar-refractivity contribution in [1.29, 1.82) is 0 Å². The van der Waals surface area contributed by atoms with Crippen molar-refractivity contribution in [3.05, 3.63) is 54.6 Å². The second kappa shape index (κ2) is 9.17. The van der Waals surface area contributed by atoms with Gasteiger partial charge in [0, 0.05) is 29.7 Å². The zero-order chi connectivity index (χ0) is 20.1. The zero-order valence-electron chi connectivity index (χ0n) is 15.9. The van der Waals surface area contributed by atoms with Crippen LogP contribution in [0.15, 0.2) is 53.9 Å². The molecule has 6 nitrogen and oxygen atoms in total. The van der Waals surface area contributed by atoms with E-state index in [9.17, 15) is 9.18 Å². The second-order valence-corrected chi connectivity index (χ2v) is 7.99. The van der Waals surface area contributed by atoms with Gasteiger partial charge >= 0.3 is 0 Å². The molecule has 29 heavy (non-hydrogen) atoms. The van der Waals surface area contributed by atoms with Gasteiger partial charge in [0.1, 0.15) is 5.82 Å². The fraction of sp³-hybridized carbons (Fsp3) is 0.333. The number of benzene rings is 1. The van der Waals surface area contributed by atoms with Crippen molar-refractivity contribution in [2.45, 2.75) is 43.3 Å². The van der Waals surface area contributed by atoms with E-state index in [1.165, 1.54) is 43.2 Å². The summed E-state index contributed by atoms with van der Waals surface area (Å²) in [5.74, 6) is 0.565. The molecule has 1 fully saturated rings. The average molecular weight is 412 g/mol. The molecule has 0 radical (unpaired) electrons. The van der Waals surface area contributed by atoms with Gasteiger partial charge in [0.15, 0.2) is 11.0 Å². The lowest BCUT2D eigenvalue weighted by molar-refractivity contribution is -0.119. The molecule has 2 heterocycles. The van der Waals surface area contributed by atoms with Crippen LogP contribution in [0.3, 0.4) is 0 Å². The van der Waals surface area contributed by atoms with Gasteiger partial charge in [-0.1, -0.05) is 31.0 Å². The molecule has 0 bridgehead atoms. The maximum atomic E-state index is 13.4. The number of halogens is 1. The normalized spacial score (nSPS) is 14.7. The van der Waals surface area contributed by atoms with Crippen molar-refractivity contribution in [3.8, 4) is 17.1 Å². The number of aromatic nitrogens is 4. The number of hydrogen-bond acceptors (Lipinski definition) is 5. The summed E-state index contributed by atoms with van der Waals surface area (Å²) in [6, 6.07) is 10.1. The Kier molecular flexibility index (Phi) is 6.19. The van der Waals surface area contributed by atoms with E-state index in [1.807, 2.05) is 16.7 Å². The molecule has 1 N–H and O–H groups in total. The highest BCUT2D eigenvalue weighted by Crippen LogP contribution is 2.28. The summed E-state index contributed by atoms with van der Waals surface area (Å²) in [4.78, 5) is 16.4. The fourth-order valence-corrected chi connectivity index (χ4v) is 4.28. The Morgan fingerprint density at radius 1 is 1.07 bits per heavy atom. The van der Waals surface area contributed by atoms with E-state index in [1.54, 1.807) is 24.5 Å². The molecule has 1 aliphatic rings. The molecular formula is C21H22FN5OS. The Morgan fingerprint density at radius 3 is 2.52 bits per heavy atom. The molecule has 0 aliphatic heterocycles. The Labute approximate surface area is 173 Å². The van der Waals surface area contributed by atoms with Crippen LogP contribution >= 0.6 is 11.8 Å². The lowest BCUT2D eigenvalue weighted by atomic mass is 9.95.